The fourth-order valence-corrected chi connectivity index (χ4v) is 2.21. The molecule has 0 heterocycles. The van der Waals surface area contributed by atoms with E-state index in [0.717, 1.165) is 23.5 Å². The van der Waals surface area contributed by atoms with Crippen LogP contribution in [0.2, 0.25) is 0 Å². The molecule has 0 saturated heterocycles. The molecule has 2 aromatic carbocycles. The van der Waals surface area contributed by atoms with Gasteiger partial charge in [-0.05, 0) is 62.1 Å². The van der Waals surface area contributed by atoms with Crippen molar-refractivity contribution in [1.29, 1.82) is 0 Å². The van der Waals surface area contributed by atoms with Crippen molar-refractivity contribution >= 4 is 17.5 Å². The van der Waals surface area contributed by atoms with Crippen LogP contribution in [0.15, 0.2) is 54.6 Å². The molecule has 4 nitrogen and oxygen atoms in total. The van der Waals surface area contributed by atoms with Gasteiger partial charge < -0.3 is 14.5 Å². The molecule has 25 heavy (non-hydrogen) atoms. The van der Waals surface area contributed by atoms with Crippen molar-refractivity contribution in [2.24, 2.45) is 0 Å². The molecule has 0 unspecified atom stereocenters. The Balaban J connectivity index is 1.93. The summed E-state index contributed by atoms with van der Waals surface area (Å²) in [5.74, 6) is 0.762. The van der Waals surface area contributed by atoms with Gasteiger partial charge in [-0.15, -0.1) is 0 Å². The summed E-state index contributed by atoms with van der Waals surface area (Å²) in [6.07, 6.45) is 3.44. The third-order valence-electron chi connectivity index (χ3n) is 3.78. The van der Waals surface area contributed by atoms with Crippen molar-refractivity contribution < 1.29 is 9.53 Å². The van der Waals surface area contributed by atoms with Gasteiger partial charge in [-0.25, -0.2) is 0 Å². The van der Waals surface area contributed by atoms with Gasteiger partial charge in [-0.1, -0.05) is 18.2 Å². The van der Waals surface area contributed by atoms with Crippen molar-refractivity contribution in [3.8, 4) is 5.75 Å². The molecule has 0 amide bonds. The lowest BCUT2D eigenvalue weighted by molar-refractivity contribution is 0.104. The maximum atomic E-state index is 12.3. The van der Waals surface area contributed by atoms with Gasteiger partial charge in [-0.2, -0.15) is 0 Å². The molecule has 0 saturated carbocycles. The normalized spacial score (nSPS) is 11.1. The molecule has 0 fully saturated rings. The van der Waals surface area contributed by atoms with Gasteiger partial charge in [0.05, 0.1) is 0 Å². The van der Waals surface area contributed by atoms with Gasteiger partial charge in [0, 0.05) is 31.9 Å². The van der Waals surface area contributed by atoms with Crippen LogP contribution in [0.4, 0.5) is 5.69 Å². The highest BCUT2D eigenvalue weighted by atomic mass is 16.5. The monoisotopic (exact) mass is 338 g/mol. The van der Waals surface area contributed by atoms with E-state index in [0.29, 0.717) is 12.2 Å². The lowest BCUT2D eigenvalue weighted by Crippen LogP contribution is -2.19. The van der Waals surface area contributed by atoms with E-state index in [-0.39, 0.29) is 5.78 Å². The van der Waals surface area contributed by atoms with Crippen LogP contribution < -0.4 is 9.64 Å². The highest BCUT2D eigenvalue weighted by Crippen LogP contribution is 2.15. The average molecular weight is 338 g/mol. The second-order valence-electron chi connectivity index (χ2n) is 6.36. The van der Waals surface area contributed by atoms with Crippen molar-refractivity contribution in [2.45, 2.75) is 0 Å². The number of ether oxygens (including phenoxy) is 1. The van der Waals surface area contributed by atoms with E-state index in [1.54, 1.807) is 18.2 Å². The maximum Gasteiger partial charge on any atom is 0.185 e. The zero-order valence-electron chi connectivity index (χ0n) is 15.4. The quantitative estimate of drug-likeness (QED) is 0.544. The summed E-state index contributed by atoms with van der Waals surface area (Å²) in [6.45, 7) is 1.49. The number of nitrogens with zero attached hydrogens (tertiary/aromatic N) is 2. The van der Waals surface area contributed by atoms with E-state index < -0.39 is 0 Å². The first kappa shape index (κ1) is 18.7. The molecule has 0 aromatic heterocycles. The predicted molar refractivity (Wildman–Crippen MR) is 105 cm³/mol. The highest BCUT2D eigenvalue weighted by molar-refractivity contribution is 6.06. The minimum atomic E-state index is -0.0171. The fraction of sp³-hybridized carbons (Fsp3) is 0.286. The average Bonchev–Trinajstić information content (AvgIpc) is 2.60. The fourth-order valence-electron chi connectivity index (χ4n) is 2.21. The van der Waals surface area contributed by atoms with Crippen molar-refractivity contribution in [2.75, 3.05) is 46.2 Å². The molecule has 0 aliphatic carbocycles. The molecule has 0 spiro atoms. The van der Waals surface area contributed by atoms with Gasteiger partial charge >= 0.3 is 0 Å². The Morgan fingerprint density at radius 3 is 2.16 bits per heavy atom. The number of anilines is 1. The Morgan fingerprint density at radius 2 is 1.60 bits per heavy atom. The summed E-state index contributed by atoms with van der Waals surface area (Å²) in [6, 6.07) is 15.3. The third-order valence-corrected chi connectivity index (χ3v) is 3.78. The largest absolute Gasteiger partial charge is 0.492 e. The molecule has 0 aliphatic rings. The summed E-state index contributed by atoms with van der Waals surface area (Å²) in [4.78, 5) is 16.4. The van der Waals surface area contributed by atoms with E-state index in [9.17, 15) is 4.79 Å². The van der Waals surface area contributed by atoms with Crippen molar-refractivity contribution in [3.05, 3.63) is 65.7 Å². The summed E-state index contributed by atoms with van der Waals surface area (Å²) in [5, 5.41) is 0. The van der Waals surface area contributed by atoms with Crippen LogP contribution in [0, 0.1) is 0 Å². The SMILES string of the molecule is CN(C)CCOc1ccc(C(=O)C=Cc2ccc(N(C)C)cc2)cc1. The molecule has 0 N–H and O–H groups in total. The van der Waals surface area contributed by atoms with Crippen molar-refractivity contribution in [1.82, 2.24) is 4.90 Å². The number of hydrogen-bond acceptors (Lipinski definition) is 4. The van der Waals surface area contributed by atoms with Gasteiger partial charge in [0.25, 0.3) is 0 Å². The lowest BCUT2D eigenvalue weighted by atomic mass is 10.1. The molecular weight excluding hydrogens is 312 g/mol. The third kappa shape index (κ3) is 6.08. The van der Waals surface area contributed by atoms with E-state index in [4.69, 9.17) is 4.74 Å². The van der Waals surface area contributed by atoms with E-state index in [2.05, 4.69) is 4.90 Å². The number of ketones is 1. The van der Waals surface area contributed by atoms with E-state index in [1.165, 1.54) is 0 Å². The zero-order valence-corrected chi connectivity index (χ0v) is 15.4. The number of likely N-dealkylation sites (N-methyl/N-ethyl adjacent to an activating group) is 1. The topological polar surface area (TPSA) is 32.8 Å². The summed E-state index contributed by atoms with van der Waals surface area (Å²) >= 11 is 0. The van der Waals surface area contributed by atoms with Gasteiger partial charge in [0.15, 0.2) is 5.78 Å². The molecule has 132 valence electrons. The smallest absolute Gasteiger partial charge is 0.185 e. The molecule has 0 bridgehead atoms. The van der Waals surface area contributed by atoms with Crippen LogP contribution in [0.1, 0.15) is 15.9 Å². The Kier molecular flexibility index (Phi) is 6.78. The highest BCUT2D eigenvalue weighted by Gasteiger charge is 2.03. The minimum absolute atomic E-state index is 0.0171. The van der Waals surface area contributed by atoms with Crippen LogP contribution in [0.3, 0.4) is 0 Å². The first-order valence-electron chi connectivity index (χ1n) is 8.33. The Bertz CT molecular complexity index is 702. The Labute approximate surface area is 150 Å². The zero-order chi connectivity index (χ0) is 18.2. The molecule has 0 radical (unpaired) electrons. The summed E-state index contributed by atoms with van der Waals surface area (Å²) in [7, 11) is 8.02. The Hall–Kier alpha value is -2.59. The van der Waals surface area contributed by atoms with E-state index >= 15 is 0 Å². The second-order valence-corrected chi connectivity index (χ2v) is 6.36. The standard InChI is InChI=1S/C21H26N2O2/c1-22(2)15-16-25-20-12-8-18(9-13-20)21(24)14-7-17-5-10-19(11-6-17)23(3)4/h5-14H,15-16H2,1-4H3. The number of carbonyl (C=O) groups excluding carboxylic acids is 1. The number of rotatable bonds is 8. The van der Waals surface area contributed by atoms with Gasteiger partial charge in [0.1, 0.15) is 12.4 Å². The van der Waals surface area contributed by atoms with Crippen LogP contribution in [0.25, 0.3) is 6.08 Å². The molecule has 0 aliphatic heterocycles. The lowest BCUT2D eigenvalue weighted by Gasteiger charge is -2.11. The summed E-state index contributed by atoms with van der Waals surface area (Å²) in [5.41, 5.74) is 2.79. The Morgan fingerprint density at radius 1 is 0.960 bits per heavy atom. The van der Waals surface area contributed by atoms with Crippen molar-refractivity contribution in [3.63, 3.8) is 0 Å². The van der Waals surface area contributed by atoms with Gasteiger partial charge in [0.2, 0.25) is 0 Å². The number of allylic oxidation sites excluding steroid dienone is 1. The summed E-state index contributed by atoms with van der Waals surface area (Å²) < 4.78 is 5.64. The first-order chi connectivity index (χ1) is 12.0. The molecule has 2 aromatic rings. The first-order valence-corrected chi connectivity index (χ1v) is 8.33. The van der Waals surface area contributed by atoms with Crippen LogP contribution in [-0.4, -0.2) is 52.0 Å². The maximum absolute atomic E-state index is 12.3. The van der Waals surface area contributed by atoms with Gasteiger partial charge in [-0.3, -0.25) is 4.79 Å². The minimum Gasteiger partial charge on any atom is -0.492 e. The number of carbonyl (C=O) groups is 1. The molecule has 0 atom stereocenters. The molecular formula is C21H26N2O2. The van der Waals surface area contributed by atoms with E-state index in [1.807, 2.05) is 75.6 Å². The molecule has 2 rings (SSSR count). The number of hydrogen-bond donors (Lipinski definition) is 0. The predicted octanol–water partition coefficient (Wildman–Crippen LogP) is 3.59. The van der Waals surface area contributed by atoms with Crippen LogP contribution in [-0.2, 0) is 0 Å². The number of benzene rings is 2. The second kappa shape index (κ2) is 9.04. The molecule has 4 heteroatoms. The van der Waals surface area contributed by atoms with Crippen LogP contribution >= 0.6 is 0 Å². The van der Waals surface area contributed by atoms with Crippen LogP contribution in [0.5, 0.6) is 5.75 Å².